The smallest absolute Gasteiger partial charge is 0.0377 e. The monoisotopic (exact) mass is 248 g/mol. The molecule has 1 heterocycles. The number of nitrogen functional groups attached to an aromatic ring is 1. The van der Waals surface area contributed by atoms with E-state index < -0.39 is 0 Å². The summed E-state index contributed by atoms with van der Waals surface area (Å²) in [7, 11) is 0. The van der Waals surface area contributed by atoms with Gasteiger partial charge in [0.15, 0.2) is 0 Å². The molecule has 0 aliphatic carbocycles. The Bertz CT molecular complexity index is 310. The van der Waals surface area contributed by atoms with Gasteiger partial charge in [-0.25, -0.2) is 0 Å². The summed E-state index contributed by atoms with van der Waals surface area (Å²) in [5.74, 6) is 0. The number of pyridine rings is 1. The van der Waals surface area contributed by atoms with Crippen LogP contribution in [0, 0.1) is 0 Å². The van der Waals surface area contributed by atoms with E-state index in [-0.39, 0.29) is 0 Å². The van der Waals surface area contributed by atoms with Crippen molar-refractivity contribution in [3.05, 3.63) is 24.0 Å². The number of aromatic nitrogens is 1. The Labute approximate surface area is 112 Å². The predicted molar refractivity (Wildman–Crippen MR) is 79.6 cm³/mol. The molecule has 1 aromatic rings. The summed E-state index contributed by atoms with van der Waals surface area (Å²) in [4.78, 5) is 4.12. The summed E-state index contributed by atoms with van der Waals surface area (Å²) in [5, 5.41) is 0. The van der Waals surface area contributed by atoms with Crippen LogP contribution in [-0.2, 0) is 6.42 Å². The lowest BCUT2D eigenvalue weighted by atomic mass is 10.0. The predicted octanol–water partition coefficient (Wildman–Crippen LogP) is 4.74. The van der Waals surface area contributed by atoms with E-state index in [0.717, 1.165) is 12.1 Å². The Hall–Kier alpha value is -1.05. The highest BCUT2D eigenvalue weighted by Gasteiger charge is 1.98. The molecule has 0 spiro atoms. The molecule has 1 aromatic heterocycles. The van der Waals surface area contributed by atoms with Gasteiger partial charge in [0.05, 0.1) is 0 Å². The number of nitrogens with zero attached hydrogens (tertiary/aromatic N) is 1. The normalized spacial score (nSPS) is 10.7. The van der Waals surface area contributed by atoms with E-state index in [1.807, 2.05) is 12.3 Å². The summed E-state index contributed by atoms with van der Waals surface area (Å²) in [6, 6.07) is 1.89. The van der Waals surface area contributed by atoms with Gasteiger partial charge in [0, 0.05) is 18.1 Å². The second kappa shape index (κ2) is 9.93. The number of rotatable bonds is 10. The van der Waals surface area contributed by atoms with Gasteiger partial charge < -0.3 is 5.73 Å². The lowest BCUT2D eigenvalue weighted by molar-refractivity contribution is 0.565. The molecule has 1 rings (SSSR count). The first-order valence-electron chi connectivity index (χ1n) is 7.53. The fourth-order valence-electron chi connectivity index (χ4n) is 2.27. The average molecular weight is 248 g/mol. The van der Waals surface area contributed by atoms with E-state index in [2.05, 4.69) is 11.9 Å². The van der Waals surface area contributed by atoms with Crippen molar-refractivity contribution >= 4 is 5.69 Å². The minimum absolute atomic E-state index is 0.893. The Morgan fingerprint density at radius 3 is 2.17 bits per heavy atom. The fourth-order valence-corrected chi connectivity index (χ4v) is 2.27. The zero-order chi connectivity index (χ0) is 13.1. The van der Waals surface area contributed by atoms with Gasteiger partial charge >= 0.3 is 0 Å². The fraction of sp³-hybridized carbons (Fsp3) is 0.688. The van der Waals surface area contributed by atoms with Crippen molar-refractivity contribution in [2.75, 3.05) is 5.73 Å². The molecular weight excluding hydrogens is 220 g/mol. The maximum absolute atomic E-state index is 5.89. The third-order valence-corrected chi connectivity index (χ3v) is 3.49. The highest BCUT2D eigenvalue weighted by Crippen LogP contribution is 2.14. The maximum Gasteiger partial charge on any atom is 0.0377 e. The topological polar surface area (TPSA) is 38.9 Å². The van der Waals surface area contributed by atoms with Crippen LogP contribution in [0.1, 0.15) is 70.3 Å². The maximum atomic E-state index is 5.89. The number of hydrogen-bond acceptors (Lipinski definition) is 2. The van der Waals surface area contributed by atoms with E-state index in [1.165, 1.54) is 63.4 Å². The largest absolute Gasteiger partial charge is 0.398 e. The third kappa shape index (κ3) is 6.63. The van der Waals surface area contributed by atoms with Gasteiger partial charge in [-0.05, 0) is 24.5 Å². The number of aryl methyl sites for hydroxylation is 1. The second-order valence-electron chi connectivity index (χ2n) is 5.15. The van der Waals surface area contributed by atoms with Crippen LogP contribution < -0.4 is 5.73 Å². The molecule has 0 radical (unpaired) electrons. The molecule has 0 unspecified atom stereocenters. The lowest BCUT2D eigenvalue weighted by Gasteiger charge is -2.04. The molecule has 0 aliphatic heterocycles. The average Bonchev–Trinajstić information content (AvgIpc) is 2.39. The molecule has 102 valence electrons. The van der Waals surface area contributed by atoms with Crippen LogP contribution in [0.5, 0.6) is 0 Å². The van der Waals surface area contributed by atoms with Crippen LogP contribution in [0.2, 0.25) is 0 Å². The van der Waals surface area contributed by atoms with E-state index >= 15 is 0 Å². The van der Waals surface area contributed by atoms with Gasteiger partial charge in [0.1, 0.15) is 0 Å². The molecule has 0 fully saturated rings. The Kier molecular flexibility index (Phi) is 8.28. The van der Waals surface area contributed by atoms with Crippen LogP contribution >= 0.6 is 0 Å². The second-order valence-corrected chi connectivity index (χ2v) is 5.15. The summed E-state index contributed by atoms with van der Waals surface area (Å²) >= 11 is 0. The molecule has 0 bridgehead atoms. The number of nitrogens with two attached hydrogens (primary N) is 1. The van der Waals surface area contributed by atoms with Gasteiger partial charge in [-0.2, -0.15) is 0 Å². The zero-order valence-corrected chi connectivity index (χ0v) is 11.8. The van der Waals surface area contributed by atoms with Crippen LogP contribution in [-0.4, -0.2) is 4.98 Å². The minimum Gasteiger partial charge on any atom is -0.398 e. The quantitative estimate of drug-likeness (QED) is 0.607. The van der Waals surface area contributed by atoms with Crippen molar-refractivity contribution in [2.45, 2.75) is 71.1 Å². The first kappa shape index (κ1) is 15.0. The first-order chi connectivity index (χ1) is 8.84. The summed E-state index contributed by atoms with van der Waals surface area (Å²) in [6.07, 6.45) is 17.1. The standard InChI is InChI=1S/C16H28N2/c1-2-3-4-5-6-7-8-9-10-11-15-14-18-13-12-16(15)17/h12-14H,2-11H2,1H3,(H2,17,18). The SMILES string of the molecule is CCCCCCCCCCCc1cnccc1N. The molecule has 0 aliphatic rings. The van der Waals surface area contributed by atoms with Crippen LogP contribution in [0.25, 0.3) is 0 Å². The van der Waals surface area contributed by atoms with Crippen LogP contribution in [0.3, 0.4) is 0 Å². The minimum atomic E-state index is 0.893. The van der Waals surface area contributed by atoms with Gasteiger partial charge in [0.2, 0.25) is 0 Å². The van der Waals surface area contributed by atoms with E-state index in [0.29, 0.717) is 0 Å². The van der Waals surface area contributed by atoms with Crippen molar-refractivity contribution < 1.29 is 0 Å². The van der Waals surface area contributed by atoms with Gasteiger partial charge in [-0.3, -0.25) is 4.98 Å². The highest BCUT2D eigenvalue weighted by atomic mass is 14.7. The molecule has 0 atom stereocenters. The van der Waals surface area contributed by atoms with Crippen molar-refractivity contribution in [2.24, 2.45) is 0 Å². The molecule has 2 heteroatoms. The van der Waals surface area contributed by atoms with Crippen LogP contribution in [0.4, 0.5) is 5.69 Å². The van der Waals surface area contributed by atoms with E-state index in [9.17, 15) is 0 Å². The molecule has 0 saturated carbocycles. The van der Waals surface area contributed by atoms with Crippen molar-refractivity contribution in [3.63, 3.8) is 0 Å². The Balaban J connectivity index is 1.94. The number of anilines is 1. The summed E-state index contributed by atoms with van der Waals surface area (Å²) in [5.41, 5.74) is 7.99. The number of unbranched alkanes of at least 4 members (excludes halogenated alkanes) is 8. The van der Waals surface area contributed by atoms with E-state index in [1.54, 1.807) is 6.20 Å². The van der Waals surface area contributed by atoms with Crippen LogP contribution in [0.15, 0.2) is 18.5 Å². The third-order valence-electron chi connectivity index (χ3n) is 3.49. The summed E-state index contributed by atoms with van der Waals surface area (Å²) in [6.45, 7) is 2.27. The molecular formula is C16H28N2. The molecule has 0 aromatic carbocycles. The lowest BCUT2D eigenvalue weighted by Crippen LogP contribution is -1.95. The van der Waals surface area contributed by atoms with Crippen molar-refractivity contribution in [3.8, 4) is 0 Å². The Morgan fingerprint density at radius 1 is 0.944 bits per heavy atom. The van der Waals surface area contributed by atoms with E-state index in [4.69, 9.17) is 5.73 Å². The Morgan fingerprint density at radius 2 is 1.56 bits per heavy atom. The molecule has 2 N–H and O–H groups in total. The van der Waals surface area contributed by atoms with Crippen molar-refractivity contribution in [1.29, 1.82) is 0 Å². The van der Waals surface area contributed by atoms with Gasteiger partial charge in [0.25, 0.3) is 0 Å². The summed E-state index contributed by atoms with van der Waals surface area (Å²) < 4.78 is 0. The zero-order valence-electron chi connectivity index (χ0n) is 11.8. The highest BCUT2D eigenvalue weighted by molar-refractivity contribution is 5.44. The molecule has 18 heavy (non-hydrogen) atoms. The molecule has 0 amide bonds. The van der Waals surface area contributed by atoms with Gasteiger partial charge in [-0.1, -0.05) is 58.3 Å². The molecule has 2 nitrogen and oxygen atoms in total. The van der Waals surface area contributed by atoms with Gasteiger partial charge in [-0.15, -0.1) is 0 Å². The number of hydrogen-bond donors (Lipinski definition) is 1. The molecule has 0 saturated heterocycles. The van der Waals surface area contributed by atoms with Crippen molar-refractivity contribution in [1.82, 2.24) is 4.98 Å². The first-order valence-corrected chi connectivity index (χ1v) is 7.53.